The van der Waals surface area contributed by atoms with E-state index in [0.717, 1.165) is 27.9 Å². The molecule has 0 aliphatic carbocycles. The summed E-state index contributed by atoms with van der Waals surface area (Å²) in [6.45, 7) is 0.500. The molecule has 0 spiro atoms. The van der Waals surface area contributed by atoms with E-state index in [9.17, 15) is 0 Å². The summed E-state index contributed by atoms with van der Waals surface area (Å²) in [7, 11) is 0. The number of rotatable bonds is 5. The van der Waals surface area contributed by atoms with Crippen LogP contribution in [-0.2, 0) is 6.61 Å². The zero-order valence-electron chi connectivity index (χ0n) is 14.4. The van der Waals surface area contributed by atoms with Crippen LogP contribution in [0.4, 0.5) is 0 Å². The SMILES string of the molecule is c1ccc(COc2cc(-c3ccccc3)cc(-c3ccccc3)n2)cc1. The number of benzene rings is 3. The van der Waals surface area contributed by atoms with E-state index in [2.05, 4.69) is 42.5 Å². The van der Waals surface area contributed by atoms with E-state index >= 15 is 0 Å². The monoisotopic (exact) mass is 337 g/mol. The van der Waals surface area contributed by atoms with Gasteiger partial charge >= 0.3 is 0 Å². The van der Waals surface area contributed by atoms with Crippen LogP contribution in [0.3, 0.4) is 0 Å². The molecule has 3 aromatic carbocycles. The highest BCUT2D eigenvalue weighted by molar-refractivity contribution is 5.71. The summed E-state index contributed by atoms with van der Waals surface area (Å²) >= 11 is 0. The minimum absolute atomic E-state index is 0.500. The van der Waals surface area contributed by atoms with Crippen LogP contribution in [0.25, 0.3) is 22.4 Å². The lowest BCUT2D eigenvalue weighted by atomic mass is 10.0. The maximum absolute atomic E-state index is 6.01. The molecule has 0 aliphatic rings. The quantitative estimate of drug-likeness (QED) is 0.446. The van der Waals surface area contributed by atoms with Crippen LogP contribution in [0.1, 0.15) is 5.56 Å². The fourth-order valence-corrected chi connectivity index (χ4v) is 2.86. The molecule has 0 amide bonds. The van der Waals surface area contributed by atoms with Gasteiger partial charge in [0.25, 0.3) is 0 Å². The lowest BCUT2D eigenvalue weighted by Crippen LogP contribution is -1.98. The van der Waals surface area contributed by atoms with Crippen LogP contribution in [0.2, 0.25) is 0 Å². The molecule has 0 unspecified atom stereocenters. The first-order valence-electron chi connectivity index (χ1n) is 8.68. The number of hydrogen-bond acceptors (Lipinski definition) is 2. The molecule has 1 heterocycles. The van der Waals surface area contributed by atoms with Gasteiger partial charge in [0.2, 0.25) is 5.88 Å². The first-order chi connectivity index (χ1) is 12.9. The molecule has 0 fully saturated rings. The Balaban J connectivity index is 1.70. The zero-order chi connectivity index (χ0) is 17.6. The molecule has 126 valence electrons. The normalized spacial score (nSPS) is 10.5. The van der Waals surface area contributed by atoms with Gasteiger partial charge in [-0.25, -0.2) is 4.98 Å². The molecule has 0 aliphatic heterocycles. The van der Waals surface area contributed by atoms with E-state index in [1.54, 1.807) is 0 Å². The van der Waals surface area contributed by atoms with E-state index < -0.39 is 0 Å². The molecule has 0 atom stereocenters. The van der Waals surface area contributed by atoms with Crippen molar-refractivity contribution < 1.29 is 4.74 Å². The maximum atomic E-state index is 6.01. The number of pyridine rings is 1. The van der Waals surface area contributed by atoms with Crippen molar-refractivity contribution in [3.63, 3.8) is 0 Å². The van der Waals surface area contributed by atoms with E-state index in [-0.39, 0.29) is 0 Å². The Bertz CT molecular complexity index is 909. The lowest BCUT2D eigenvalue weighted by Gasteiger charge is -2.11. The number of nitrogens with zero attached hydrogens (tertiary/aromatic N) is 1. The lowest BCUT2D eigenvalue weighted by molar-refractivity contribution is 0.294. The summed E-state index contributed by atoms with van der Waals surface area (Å²) < 4.78 is 6.01. The van der Waals surface area contributed by atoms with Gasteiger partial charge in [0.1, 0.15) is 6.61 Å². The minimum Gasteiger partial charge on any atom is -0.473 e. The summed E-state index contributed by atoms with van der Waals surface area (Å²) in [4.78, 5) is 4.72. The predicted octanol–water partition coefficient (Wildman–Crippen LogP) is 5.99. The standard InChI is InChI=1S/C24H19NO/c1-4-10-19(11-5-1)18-26-24-17-22(20-12-6-2-7-13-20)16-23(25-24)21-14-8-3-9-15-21/h1-17H,18H2. The van der Waals surface area contributed by atoms with Crippen LogP contribution in [-0.4, -0.2) is 4.98 Å². The second kappa shape index (κ2) is 7.66. The third-order valence-corrected chi connectivity index (χ3v) is 4.21. The molecule has 0 bridgehead atoms. The summed E-state index contributed by atoms with van der Waals surface area (Å²) in [5, 5.41) is 0. The molecule has 2 heteroatoms. The largest absolute Gasteiger partial charge is 0.473 e. The average Bonchev–Trinajstić information content (AvgIpc) is 2.74. The number of ether oxygens (including phenoxy) is 1. The molecular weight excluding hydrogens is 318 g/mol. The fraction of sp³-hybridized carbons (Fsp3) is 0.0417. The van der Waals surface area contributed by atoms with E-state index in [0.29, 0.717) is 12.5 Å². The molecule has 0 saturated heterocycles. The van der Waals surface area contributed by atoms with Crippen LogP contribution in [0.5, 0.6) is 5.88 Å². The summed E-state index contributed by atoms with van der Waals surface area (Å²) in [6, 6.07) is 34.8. The Morgan fingerprint density at radius 3 is 1.81 bits per heavy atom. The van der Waals surface area contributed by atoms with Crippen molar-refractivity contribution in [2.24, 2.45) is 0 Å². The molecule has 1 aromatic heterocycles. The van der Waals surface area contributed by atoms with Gasteiger partial charge in [0.05, 0.1) is 5.69 Å². The van der Waals surface area contributed by atoms with Gasteiger partial charge in [-0.15, -0.1) is 0 Å². The highest BCUT2D eigenvalue weighted by atomic mass is 16.5. The molecule has 0 N–H and O–H groups in total. The summed E-state index contributed by atoms with van der Waals surface area (Å²) in [5.41, 5.74) is 5.37. The van der Waals surface area contributed by atoms with Crippen LogP contribution in [0.15, 0.2) is 103 Å². The highest BCUT2D eigenvalue weighted by Gasteiger charge is 2.08. The van der Waals surface area contributed by atoms with Crippen molar-refractivity contribution in [3.05, 3.63) is 109 Å². The highest BCUT2D eigenvalue weighted by Crippen LogP contribution is 2.28. The van der Waals surface area contributed by atoms with E-state index in [4.69, 9.17) is 9.72 Å². The van der Waals surface area contributed by atoms with Crippen molar-refractivity contribution >= 4 is 0 Å². The molecule has 2 nitrogen and oxygen atoms in total. The minimum atomic E-state index is 0.500. The van der Waals surface area contributed by atoms with Gasteiger partial charge in [-0.05, 0) is 22.8 Å². The fourth-order valence-electron chi connectivity index (χ4n) is 2.86. The maximum Gasteiger partial charge on any atom is 0.214 e. The number of aromatic nitrogens is 1. The Labute approximate surface area is 153 Å². The van der Waals surface area contributed by atoms with Gasteiger partial charge in [0.15, 0.2) is 0 Å². The first-order valence-corrected chi connectivity index (χ1v) is 8.68. The van der Waals surface area contributed by atoms with Crippen LogP contribution in [0, 0.1) is 0 Å². The molecule has 0 saturated carbocycles. The van der Waals surface area contributed by atoms with Gasteiger partial charge in [-0.2, -0.15) is 0 Å². The van der Waals surface area contributed by atoms with Crippen molar-refractivity contribution in [3.8, 4) is 28.3 Å². The second-order valence-corrected chi connectivity index (χ2v) is 6.09. The third-order valence-electron chi connectivity index (χ3n) is 4.21. The van der Waals surface area contributed by atoms with Gasteiger partial charge in [-0.1, -0.05) is 91.0 Å². The van der Waals surface area contributed by atoms with Crippen molar-refractivity contribution in [1.82, 2.24) is 4.98 Å². The summed E-state index contributed by atoms with van der Waals surface area (Å²) in [5.74, 6) is 0.633. The first kappa shape index (κ1) is 16.1. The molecule has 26 heavy (non-hydrogen) atoms. The zero-order valence-corrected chi connectivity index (χ0v) is 14.4. The van der Waals surface area contributed by atoms with Crippen molar-refractivity contribution in [2.45, 2.75) is 6.61 Å². The van der Waals surface area contributed by atoms with Crippen molar-refractivity contribution in [2.75, 3.05) is 0 Å². The van der Waals surface area contributed by atoms with Crippen LogP contribution >= 0.6 is 0 Å². The Morgan fingerprint density at radius 1 is 0.577 bits per heavy atom. The smallest absolute Gasteiger partial charge is 0.214 e. The van der Waals surface area contributed by atoms with E-state index in [1.165, 1.54) is 0 Å². The molecular formula is C24H19NO. The molecule has 4 aromatic rings. The van der Waals surface area contributed by atoms with Crippen molar-refractivity contribution in [1.29, 1.82) is 0 Å². The average molecular weight is 337 g/mol. The Morgan fingerprint density at radius 2 is 1.15 bits per heavy atom. The molecule has 0 radical (unpaired) electrons. The Hall–Kier alpha value is -3.39. The number of hydrogen-bond donors (Lipinski definition) is 0. The summed E-state index contributed by atoms with van der Waals surface area (Å²) in [6.07, 6.45) is 0. The molecule has 4 rings (SSSR count). The Kier molecular flexibility index (Phi) is 4.74. The van der Waals surface area contributed by atoms with Gasteiger partial charge in [0, 0.05) is 11.6 Å². The van der Waals surface area contributed by atoms with Gasteiger partial charge < -0.3 is 4.74 Å². The topological polar surface area (TPSA) is 22.1 Å². The second-order valence-electron chi connectivity index (χ2n) is 6.09. The van der Waals surface area contributed by atoms with Crippen LogP contribution < -0.4 is 4.74 Å². The van der Waals surface area contributed by atoms with Gasteiger partial charge in [-0.3, -0.25) is 0 Å². The van der Waals surface area contributed by atoms with E-state index in [1.807, 2.05) is 60.7 Å². The third kappa shape index (κ3) is 3.81. The predicted molar refractivity (Wildman–Crippen MR) is 106 cm³/mol.